The molecule has 0 aliphatic heterocycles. The lowest BCUT2D eigenvalue weighted by Gasteiger charge is -2.16. The maximum absolute atomic E-state index is 14.1. The molecule has 1 N–H and O–H groups in total. The van der Waals surface area contributed by atoms with Crippen LogP contribution in [0.4, 0.5) is 4.39 Å². The van der Waals surface area contributed by atoms with Gasteiger partial charge < -0.3 is 10.2 Å². The Morgan fingerprint density at radius 2 is 2.10 bits per heavy atom. The molecule has 0 spiro atoms. The maximum Gasteiger partial charge on any atom is 0.273 e. The zero-order valence-electron chi connectivity index (χ0n) is 12.6. The van der Waals surface area contributed by atoms with Crippen LogP contribution >= 0.6 is 0 Å². The van der Waals surface area contributed by atoms with Gasteiger partial charge in [0.05, 0.1) is 5.69 Å². The average Bonchev–Trinajstić information content (AvgIpc) is 2.94. The van der Waals surface area contributed by atoms with E-state index in [-0.39, 0.29) is 17.8 Å². The molecule has 0 radical (unpaired) electrons. The van der Waals surface area contributed by atoms with Crippen molar-refractivity contribution < 1.29 is 9.18 Å². The highest BCUT2D eigenvalue weighted by Crippen LogP contribution is 2.24. The summed E-state index contributed by atoms with van der Waals surface area (Å²) in [7, 11) is 5.10. The number of carbonyl (C=O) groups is 1. The van der Waals surface area contributed by atoms with Gasteiger partial charge in [-0.2, -0.15) is 5.10 Å². The summed E-state index contributed by atoms with van der Waals surface area (Å²) in [6, 6.07) is 6.29. The molecule has 0 bridgehead atoms. The molecule has 2 aromatic rings. The standard InChI is InChI=1S/C15H19FN4O/c1-10(17-2)14-11(16)6-5-7-13(14)20-9-8-12(18-20)15(21)19(3)4/h5-10,17H,1-4H3. The lowest BCUT2D eigenvalue weighted by Crippen LogP contribution is -2.22. The van der Waals surface area contributed by atoms with Crippen molar-refractivity contribution in [2.75, 3.05) is 21.1 Å². The molecule has 1 aromatic carbocycles. The summed E-state index contributed by atoms with van der Waals surface area (Å²) in [5, 5.41) is 7.27. The van der Waals surface area contributed by atoms with Gasteiger partial charge in [-0.15, -0.1) is 0 Å². The number of hydrogen-bond acceptors (Lipinski definition) is 3. The Balaban J connectivity index is 2.48. The molecule has 0 aliphatic rings. The second kappa shape index (κ2) is 6.05. The summed E-state index contributed by atoms with van der Waals surface area (Å²) in [6.45, 7) is 1.87. The summed E-state index contributed by atoms with van der Waals surface area (Å²) in [5.74, 6) is -0.487. The lowest BCUT2D eigenvalue weighted by molar-refractivity contribution is 0.0821. The van der Waals surface area contributed by atoms with Crippen molar-refractivity contribution in [2.24, 2.45) is 0 Å². The fraction of sp³-hybridized carbons (Fsp3) is 0.333. The maximum atomic E-state index is 14.1. The largest absolute Gasteiger partial charge is 0.343 e. The predicted octanol–water partition coefficient (Wildman–Crippen LogP) is 1.99. The van der Waals surface area contributed by atoms with Crippen molar-refractivity contribution in [3.05, 3.63) is 47.5 Å². The summed E-state index contributed by atoms with van der Waals surface area (Å²) in [4.78, 5) is 13.3. The molecule has 1 unspecified atom stereocenters. The van der Waals surface area contributed by atoms with Crippen LogP contribution in [0.5, 0.6) is 0 Å². The number of hydrogen-bond donors (Lipinski definition) is 1. The topological polar surface area (TPSA) is 50.2 Å². The highest BCUT2D eigenvalue weighted by molar-refractivity contribution is 5.91. The normalized spacial score (nSPS) is 12.2. The van der Waals surface area contributed by atoms with Crippen molar-refractivity contribution in [1.82, 2.24) is 20.0 Å². The number of amides is 1. The molecule has 2 rings (SSSR count). The van der Waals surface area contributed by atoms with Crippen LogP contribution in [0.2, 0.25) is 0 Å². The van der Waals surface area contributed by atoms with E-state index in [1.165, 1.54) is 15.6 Å². The Hall–Kier alpha value is -2.21. The van der Waals surface area contributed by atoms with Crippen molar-refractivity contribution >= 4 is 5.91 Å². The average molecular weight is 290 g/mol. The minimum atomic E-state index is -0.301. The van der Waals surface area contributed by atoms with Gasteiger partial charge in [-0.25, -0.2) is 9.07 Å². The molecule has 0 saturated heterocycles. The molecule has 112 valence electrons. The van der Waals surface area contributed by atoms with E-state index in [4.69, 9.17) is 0 Å². The Morgan fingerprint density at radius 1 is 1.38 bits per heavy atom. The van der Waals surface area contributed by atoms with Crippen LogP contribution in [0.25, 0.3) is 5.69 Å². The van der Waals surface area contributed by atoms with Gasteiger partial charge in [0.25, 0.3) is 5.91 Å². The van der Waals surface area contributed by atoms with Crippen LogP contribution in [-0.2, 0) is 0 Å². The number of halogens is 1. The molecule has 5 nitrogen and oxygen atoms in total. The second-order valence-electron chi connectivity index (χ2n) is 5.03. The van der Waals surface area contributed by atoms with Crippen molar-refractivity contribution in [3.63, 3.8) is 0 Å². The summed E-state index contributed by atoms with van der Waals surface area (Å²) < 4.78 is 15.6. The van der Waals surface area contributed by atoms with Crippen LogP contribution in [-0.4, -0.2) is 41.7 Å². The van der Waals surface area contributed by atoms with Gasteiger partial charge >= 0.3 is 0 Å². The Morgan fingerprint density at radius 3 is 2.71 bits per heavy atom. The third kappa shape index (κ3) is 2.95. The zero-order chi connectivity index (χ0) is 15.6. The fourth-order valence-corrected chi connectivity index (χ4v) is 2.10. The van der Waals surface area contributed by atoms with E-state index < -0.39 is 0 Å². The minimum Gasteiger partial charge on any atom is -0.343 e. The van der Waals surface area contributed by atoms with Crippen molar-refractivity contribution in [3.8, 4) is 5.69 Å². The van der Waals surface area contributed by atoms with Gasteiger partial charge in [-0.3, -0.25) is 4.79 Å². The van der Waals surface area contributed by atoms with Crippen LogP contribution < -0.4 is 5.32 Å². The van der Waals surface area contributed by atoms with E-state index in [0.29, 0.717) is 16.9 Å². The van der Waals surface area contributed by atoms with Crippen molar-refractivity contribution in [1.29, 1.82) is 0 Å². The first-order valence-electron chi connectivity index (χ1n) is 6.69. The number of nitrogens with one attached hydrogen (secondary N) is 1. The van der Waals surface area contributed by atoms with E-state index in [1.54, 1.807) is 45.5 Å². The second-order valence-corrected chi connectivity index (χ2v) is 5.03. The van der Waals surface area contributed by atoms with Gasteiger partial charge in [0.15, 0.2) is 5.69 Å². The van der Waals surface area contributed by atoms with Crippen molar-refractivity contribution in [2.45, 2.75) is 13.0 Å². The monoisotopic (exact) mass is 290 g/mol. The Labute approximate surface area is 123 Å². The van der Waals surface area contributed by atoms with E-state index in [0.717, 1.165) is 0 Å². The molecular weight excluding hydrogens is 271 g/mol. The number of benzene rings is 1. The molecule has 1 atom stereocenters. The minimum absolute atomic E-state index is 0.168. The molecule has 0 aliphatic carbocycles. The van der Waals surface area contributed by atoms with E-state index in [9.17, 15) is 9.18 Å². The molecule has 21 heavy (non-hydrogen) atoms. The molecule has 0 fully saturated rings. The van der Waals surface area contributed by atoms with Gasteiger partial charge in [0, 0.05) is 31.9 Å². The summed E-state index contributed by atoms with van der Waals surface area (Å²) in [5.41, 5.74) is 1.47. The SMILES string of the molecule is CNC(C)c1c(F)cccc1-n1ccc(C(=O)N(C)C)n1. The number of rotatable bonds is 4. The van der Waals surface area contributed by atoms with E-state index in [2.05, 4.69) is 10.4 Å². The van der Waals surface area contributed by atoms with Crippen LogP contribution in [0, 0.1) is 5.82 Å². The predicted molar refractivity (Wildman–Crippen MR) is 79.0 cm³/mol. The number of aromatic nitrogens is 2. The first-order chi connectivity index (χ1) is 9.95. The zero-order valence-corrected chi connectivity index (χ0v) is 12.6. The lowest BCUT2D eigenvalue weighted by atomic mass is 10.1. The third-order valence-corrected chi connectivity index (χ3v) is 3.36. The van der Waals surface area contributed by atoms with Crippen LogP contribution in [0.1, 0.15) is 29.0 Å². The Kier molecular flexibility index (Phi) is 4.37. The molecule has 1 amide bonds. The summed E-state index contributed by atoms with van der Waals surface area (Å²) in [6.07, 6.45) is 1.66. The van der Waals surface area contributed by atoms with Crippen LogP contribution in [0.3, 0.4) is 0 Å². The quantitative estimate of drug-likeness (QED) is 0.937. The van der Waals surface area contributed by atoms with E-state index >= 15 is 0 Å². The first kappa shape index (κ1) is 15.2. The molecule has 0 saturated carbocycles. The smallest absolute Gasteiger partial charge is 0.273 e. The molecule has 1 heterocycles. The van der Waals surface area contributed by atoms with Gasteiger partial charge in [0.2, 0.25) is 0 Å². The van der Waals surface area contributed by atoms with Gasteiger partial charge in [-0.05, 0) is 32.2 Å². The van der Waals surface area contributed by atoms with E-state index in [1.807, 2.05) is 6.92 Å². The molecule has 1 aromatic heterocycles. The fourth-order valence-electron chi connectivity index (χ4n) is 2.10. The highest BCUT2D eigenvalue weighted by atomic mass is 19.1. The third-order valence-electron chi connectivity index (χ3n) is 3.36. The number of carbonyl (C=O) groups excluding carboxylic acids is 1. The molecular formula is C15H19FN4O. The van der Waals surface area contributed by atoms with Gasteiger partial charge in [0.1, 0.15) is 5.82 Å². The first-order valence-corrected chi connectivity index (χ1v) is 6.69. The highest BCUT2D eigenvalue weighted by Gasteiger charge is 2.18. The Bertz CT molecular complexity index is 651. The molecule has 6 heteroatoms. The van der Waals surface area contributed by atoms with Crippen LogP contribution in [0.15, 0.2) is 30.5 Å². The van der Waals surface area contributed by atoms with Gasteiger partial charge in [-0.1, -0.05) is 6.07 Å². The summed E-state index contributed by atoms with van der Waals surface area (Å²) >= 11 is 0. The number of nitrogens with zero attached hydrogens (tertiary/aromatic N) is 3.